The minimum atomic E-state index is -1.52. The van der Waals surface area contributed by atoms with Gasteiger partial charge in [0.05, 0.1) is 12.7 Å². The molecule has 5 atom stereocenters. The van der Waals surface area contributed by atoms with Crippen molar-refractivity contribution in [2.45, 2.75) is 83.9 Å². The van der Waals surface area contributed by atoms with Crippen LogP contribution in [0.3, 0.4) is 0 Å². The molecule has 0 saturated carbocycles. The fourth-order valence-corrected chi connectivity index (χ4v) is 3.76. The Morgan fingerprint density at radius 1 is 1.03 bits per heavy atom. The van der Waals surface area contributed by atoms with Crippen LogP contribution in [0.2, 0.25) is 0 Å². The Morgan fingerprint density at radius 3 is 2.25 bits per heavy atom. The second kappa shape index (κ2) is 10.2. The van der Waals surface area contributed by atoms with Gasteiger partial charge in [0.15, 0.2) is 0 Å². The van der Waals surface area contributed by atoms with Crippen molar-refractivity contribution >= 4 is 0 Å². The Kier molecular flexibility index (Phi) is 7.79. The maximum absolute atomic E-state index is 10.4. The highest BCUT2D eigenvalue weighted by Gasteiger charge is 2.45. The summed E-state index contributed by atoms with van der Waals surface area (Å²) in [5, 5.41) is 44.4. The Bertz CT molecular complexity index is 879. The van der Waals surface area contributed by atoms with Crippen LogP contribution in [-0.2, 0) is 11.2 Å². The van der Waals surface area contributed by atoms with E-state index in [0.29, 0.717) is 6.42 Å². The Morgan fingerprint density at radius 2 is 1.69 bits per heavy atom. The van der Waals surface area contributed by atoms with E-state index >= 15 is 0 Å². The number of nitrogens with zero attached hydrogens (tertiary/aromatic N) is 2. The number of ether oxygens (including phenoxy) is 3. The van der Waals surface area contributed by atoms with Gasteiger partial charge >= 0.3 is 0 Å². The molecule has 0 radical (unpaired) electrons. The molecule has 0 bridgehead atoms. The standard InChI is InChI=1S/C23H34N2O7/c1-12(2)25-14(5)17(10-15-6-8-16(9-7-15)30-13(3)4)22(24-25)32-23-21(29)20(28)19(27)18(11-26)31-23/h6-9,12-13,18-21,23,26-29H,10-11H2,1-5H3/t18?,19-,20+,21?,23+/m1/s1. The predicted molar refractivity (Wildman–Crippen MR) is 117 cm³/mol. The lowest BCUT2D eigenvalue weighted by atomic mass is 9.99. The topological polar surface area (TPSA) is 126 Å². The number of aliphatic hydroxyl groups excluding tert-OH is 4. The molecule has 178 valence electrons. The fraction of sp³-hybridized carbons (Fsp3) is 0.609. The molecule has 1 aliphatic rings. The summed E-state index contributed by atoms with van der Waals surface area (Å²) in [5.41, 5.74) is 2.74. The number of aliphatic hydroxyl groups is 4. The molecule has 2 aromatic rings. The van der Waals surface area contributed by atoms with E-state index in [1.807, 2.05) is 63.6 Å². The molecule has 9 heteroatoms. The quantitative estimate of drug-likeness (QED) is 0.475. The number of aromatic nitrogens is 2. The van der Waals surface area contributed by atoms with Crippen molar-refractivity contribution in [1.29, 1.82) is 0 Å². The summed E-state index contributed by atoms with van der Waals surface area (Å²) in [4.78, 5) is 0. The third-order valence-electron chi connectivity index (χ3n) is 5.48. The summed E-state index contributed by atoms with van der Waals surface area (Å²) in [7, 11) is 0. The van der Waals surface area contributed by atoms with E-state index in [-0.39, 0.29) is 18.0 Å². The minimum absolute atomic E-state index is 0.0720. The van der Waals surface area contributed by atoms with Gasteiger partial charge in [0, 0.05) is 23.7 Å². The maximum Gasteiger partial charge on any atom is 0.239 e. The first-order chi connectivity index (χ1) is 15.1. The van der Waals surface area contributed by atoms with E-state index in [4.69, 9.17) is 14.2 Å². The highest BCUT2D eigenvalue weighted by molar-refractivity contribution is 5.38. The summed E-state index contributed by atoms with van der Waals surface area (Å²) in [6, 6.07) is 7.84. The average Bonchev–Trinajstić information content (AvgIpc) is 3.05. The van der Waals surface area contributed by atoms with Crippen molar-refractivity contribution in [3.8, 4) is 11.6 Å². The van der Waals surface area contributed by atoms with E-state index in [1.165, 1.54) is 0 Å². The zero-order valence-electron chi connectivity index (χ0n) is 19.2. The van der Waals surface area contributed by atoms with Gasteiger partial charge < -0.3 is 34.6 Å². The summed E-state index contributed by atoms with van der Waals surface area (Å²) in [6.07, 6.45) is -6.20. The normalized spacial score (nSPS) is 26.0. The van der Waals surface area contributed by atoms with E-state index in [0.717, 1.165) is 22.6 Å². The molecule has 1 aliphatic heterocycles. The minimum Gasteiger partial charge on any atom is -0.491 e. The molecule has 1 aromatic carbocycles. The van der Waals surface area contributed by atoms with Gasteiger partial charge in [0.1, 0.15) is 30.2 Å². The summed E-state index contributed by atoms with van der Waals surface area (Å²) in [5.74, 6) is 1.05. The monoisotopic (exact) mass is 450 g/mol. The molecule has 0 amide bonds. The van der Waals surface area contributed by atoms with Crippen LogP contribution in [0.5, 0.6) is 11.6 Å². The molecule has 0 aliphatic carbocycles. The molecule has 9 nitrogen and oxygen atoms in total. The highest BCUT2D eigenvalue weighted by Crippen LogP contribution is 2.31. The van der Waals surface area contributed by atoms with Gasteiger partial charge in [-0.15, -0.1) is 5.10 Å². The van der Waals surface area contributed by atoms with Crippen molar-refractivity contribution < 1.29 is 34.6 Å². The first kappa shape index (κ1) is 24.5. The molecular formula is C23H34N2O7. The summed E-state index contributed by atoms with van der Waals surface area (Å²) in [6.45, 7) is 9.36. The second-order valence-electron chi connectivity index (χ2n) is 8.71. The van der Waals surface area contributed by atoms with Crippen LogP contribution in [-0.4, -0.2) is 73.6 Å². The van der Waals surface area contributed by atoms with E-state index in [9.17, 15) is 20.4 Å². The lowest BCUT2D eigenvalue weighted by Gasteiger charge is -2.39. The van der Waals surface area contributed by atoms with Crippen LogP contribution in [0.4, 0.5) is 0 Å². The lowest BCUT2D eigenvalue weighted by Crippen LogP contribution is -2.60. The van der Waals surface area contributed by atoms with Gasteiger partial charge in [-0.25, -0.2) is 0 Å². The highest BCUT2D eigenvalue weighted by atomic mass is 16.7. The van der Waals surface area contributed by atoms with Crippen LogP contribution in [0.25, 0.3) is 0 Å². The van der Waals surface area contributed by atoms with Gasteiger partial charge in [-0.2, -0.15) is 0 Å². The van der Waals surface area contributed by atoms with Crippen LogP contribution in [0.1, 0.15) is 50.6 Å². The molecule has 1 saturated heterocycles. The van der Waals surface area contributed by atoms with Crippen LogP contribution in [0, 0.1) is 6.92 Å². The third-order valence-corrected chi connectivity index (χ3v) is 5.48. The fourth-order valence-electron chi connectivity index (χ4n) is 3.76. The first-order valence-electron chi connectivity index (χ1n) is 10.9. The predicted octanol–water partition coefficient (Wildman–Crippen LogP) is 1.33. The van der Waals surface area contributed by atoms with Crippen molar-refractivity contribution in [2.24, 2.45) is 0 Å². The molecule has 2 heterocycles. The smallest absolute Gasteiger partial charge is 0.239 e. The second-order valence-corrected chi connectivity index (χ2v) is 8.71. The summed E-state index contributed by atoms with van der Waals surface area (Å²) >= 11 is 0. The third kappa shape index (κ3) is 5.24. The summed E-state index contributed by atoms with van der Waals surface area (Å²) < 4.78 is 18.9. The molecule has 0 spiro atoms. The Hall–Kier alpha value is -2.17. The lowest BCUT2D eigenvalue weighted by molar-refractivity contribution is -0.278. The average molecular weight is 451 g/mol. The zero-order valence-corrected chi connectivity index (χ0v) is 19.2. The van der Waals surface area contributed by atoms with Crippen LogP contribution < -0.4 is 9.47 Å². The molecule has 1 aromatic heterocycles. The molecule has 3 rings (SSSR count). The van der Waals surface area contributed by atoms with Gasteiger partial charge in [0.25, 0.3) is 0 Å². The van der Waals surface area contributed by atoms with Crippen LogP contribution >= 0.6 is 0 Å². The molecular weight excluding hydrogens is 416 g/mol. The first-order valence-corrected chi connectivity index (χ1v) is 10.9. The van der Waals surface area contributed by atoms with Crippen LogP contribution in [0.15, 0.2) is 24.3 Å². The molecule has 4 N–H and O–H groups in total. The van der Waals surface area contributed by atoms with Gasteiger partial charge in [0.2, 0.25) is 12.2 Å². The number of rotatable bonds is 8. The van der Waals surface area contributed by atoms with E-state index < -0.39 is 37.3 Å². The van der Waals surface area contributed by atoms with E-state index in [2.05, 4.69) is 5.10 Å². The van der Waals surface area contributed by atoms with Gasteiger partial charge in [-0.3, -0.25) is 4.68 Å². The van der Waals surface area contributed by atoms with Crippen molar-refractivity contribution in [3.05, 3.63) is 41.1 Å². The molecule has 32 heavy (non-hydrogen) atoms. The number of hydrogen-bond acceptors (Lipinski definition) is 8. The van der Waals surface area contributed by atoms with Crippen molar-refractivity contribution in [3.63, 3.8) is 0 Å². The van der Waals surface area contributed by atoms with Gasteiger partial charge in [-0.1, -0.05) is 12.1 Å². The Balaban J connectivity index is 1.87. The Labute approximate surface area is 188 Å². The SMILES string of the molecule is Cc1c(Cc2ccc(OC(C)C)cc2)c(O[C@@H]2OC(CO)[C@@H](O)[C@H](O)C2O)nn1C(C)C. The number of hydrogen-bond donors (Lipinski definition) is 4. The molecule has 1 fully saturated rings. The van der Waals surface area contributed by atoms with Gasteiger partial charge in [-0.05, 0) is 52.3 Å². The maximum atomic E-state index is 10.4. The molecule has 2 unspecified atom stereocenters. The van der Waals surface area contributed by atoms with Crippen molar-refractivity contribution in [2.75, 3.05) is 6.61 Å². The van der Waals surface area contributed by atoms with E-state index in [1.54, 1.807) is 0 Å². The largest absolute Gasteiger partial charge is 0.491 e. The zero-order chi connectivity index (χ0) is 23.6. The van der Waals surface area contributed by atoms with Crippen molar-refractivity contribution in [1.82, 2.24) is 9.78 Å². The number of benzene rings is 1.